The van der Waals surface area contributed by atoms with E-state index >= 15 is 0 Å². The van der Waals surface area contributed by atoms with Gasteiger partial charge in [-0.25, -0.2) is 0 Å². The molecule has 0 N–H and O–H groups in total. The Kier molecular flexibility index (Phi) is 22.6. The topological polar surface area (TPSA) is 74.8 Å². The molecule has 94 heavy (non-hydrogen) atoms. The molecular weight excluding hydrogens is 1250 g/mol. The van der Waals surface area contributed by atoms with Crippen molar-refractivity contribution in [3.8, 4) is 11.1 Å². The summed E-state index contributed by atoms with van der Waals surface area (Å²) in [6.45, 7) is 45.0. The molecule has 0 fully saturated rings. The summed E-state index contributed by atoms with van der Waals surface area (Å²) in [7, 11) is 0. The average Bonchev–Trinajstić information content (AvgIpc) is 1.05. The molecule has 10 heteroatoms. The normalized spacial score (nSPS) is 14.8. The number of anilines is 2. The Morgan fingerprint density at radius 3 is 0.872 bits per heavy atom. The number of rotatable bonds is 13. The average molecular weight is 1350 g/mol. The van der Waals surface area contributed by atoms with Gasteiger partial charge in [-0.1, -0.05) is 284 Å². The number of para-hydroxylation sites is 6. The van der Waals surface area contributed by atoms with Gasteiger partial charge in [0.1, 0.15) is 0 Å². The molecular formula is C84H98Cu2N6O2+2. The largest absolute Gasteiger partial charge is 2.00 e. The van der Waals surface area contributed by atoms with E-state index in [-0.39, 0.29) is 46.0 Å². The number of aromatic nitrogens is 2. The van der Waals surface area contributed by atoms with Crippen molar-refractivity contribution in [2.24, 2.45) is 10.8 Å². The third-order valence-electron chi connectivity index (χ3n) is 18.7. The molecule has 0 spiro atoms. The first kappa shape index (κ1) is 72.5. The second-order valence-corrected chi connectivity index (χ2v) is 29.5. The fourth-order valence-corrected chi connectivity index (χ4v) is 13.6. The molecule has 0 aliphatic carbocycles. The Morgan fingerprint density at radius 1 is 0.340 bits per heavy atom. The SMILES string of the molecule is CC(C)c1cccc(C(C)C)c1N1[C-]=[N+](c2c(C(C)C)cccc2C(C)C)CC(C)(C)C1=O.CC(C)c1cccc(C(C)C)c1N1[C-]=[N+](c2c(C(C)C)cccc2C(C)C)CC(C)(C)C1=O.[Cu+2].[Cu+2].c1ccc2c(c1)[n-]c1ccc(-c3ccc4[n-]c5ccccc5c4c3)cc12. The Morgan fingerprint density at radius 2 is 0.596 bits per heavy atom. The first-order valence-corrected chi connectivity index (χ1v) is 33.8. The zero-order valence-electron chi connectivity index (χ0n) is 59.1. The van der Waals surface area contributed by atoms with E-state index in [4.69, 9.17) is 9.97 Å². The van der Waals surface area contributed by atoms with Crippen LogP contribution in [0.2, 0.25) is 0 Å². The molecule has 0 saturated carbocycles. The van der Waals surface area contributed by atoms with Crippen molar-refractivity contribution >= 4 is 90.9 Å². The van der Waals surface area contributed by atoms with Gasteiger partial charge in [0.25, 0.3) is 0 Å². The van der Waals surface area contributed by atoms with Gasteiger partial charge in [-0.05, 0) is 137 Å². The van der Waals surface area contributed by atoms with Crippen molar-refractivity contribution in [2.75, 3.05) is 22.9 Å². The molecule has 2 aliphatic heterocycles. The molecule has 496 valence electrons. The van der Waals surface area contributed by atoms with Gasteiger partial charge < -0.3 is 28.7 Å². The third kappa shape index (κ3) is 14.4. The van der Waals surface area contributed by atoms with Gasteiger partial charge >= 0.3 is 34.1 Å². The van der Waals surface area contributed by atoms with Crippen molar-refractivity contribution in [3.05, 3.63) is 202 Å². The van der Waals surface area contributed by atoms with Crippen molar-refractivity contribution in [3.63, 3.8) is 0 Å². The summed E-state index contributed by atoms with van der Waals surface area (Å²) >= 11 is 0. The molecule has 2 aliphatic rings. The van der Waals surface area contributed by atoms with Crippen LogP contribution < -0.4 is 19.8 Å². The Hall–Kier alpha value is -7.32. The van der Waals surface area contributed by atoms with Crippen molar-refractivity contribution in [1.29, 1.82) is 0 Å². The van der Waals surface area contributed by atoms with Crippen LogP contribution in [0.15, 0.2) is 158 Å². The molecule has 0 saturated heterocycles. The predicted molar refractivity (Wildman–Crippen MR) is 389 cm³/mol. The number of fused-ring (bicyclic) bond motifs is 6. The molecule has 8 nitrogen and oxygen atoms in total. The van der Waals surface area contributed by atoms with Crippen molar-refractivity contribution < 1.29 is 52.9 Å². The maximum atomic E-state index is 13.8. The van der Waals surface area contributed by atoms with Crippen LogP contribution in [-0.4, -0.2) is 46.7 Å². The summed E-state index contributed by atoms with van der Waals surface area (Å²) < 4.78 is 4.46. The number of benzene rings is 8. The fraction of sp³-hybridized carbons (Fsp3) is 0.381. The summed E-state index contributed by atoms with van der Waals surface area (Å²) in [6.07, 6.45) is 7.18. The zero-order chi connectivity index (χ0) is 66.4. The Labute approximate surface area is 582 Å². The minimum Gasteiger partial charge on any atom is -0.657 e. The zero-order valence-corrected chi connectivity index (χ0v) is 61.0. The van der Waals surface area contributed by atoms with E-state index < -0.39 is 10.8 Å². The van der Waals surface area contributed by atoms with Crippen LogP contribution in [0, 0.1) is 10.8 Å². The van der Waals surface area contributed by atoms with Crippen LogP contribution in [0.4, 0.5) is 22.7 Å². The molecule has 4 heterocycles. The number of carbonyl (C=O) groups excluding carboxylic acids is 2. The van der Waals surface area contributed by atoms with Crippen LogP contribution in [0.25, 0.3) is 54.7 Å². The first-order chi connectivity index (χ1) is 43.6. The second-order valence-electron chi connectivity index (χ2n) is 29.5. The van der Waals surface area contributed by atoms with Gasteiger partial charge in [-0.3, -0.25) is 9.80 Å². The number of hydrogen-bond acceptors (Lipinski definition) is 2. The monoisotopic (exact) mass is 1350 g/mol. The summed E-state index contributed by atoms with van der Waals surface area (Å²) in [4.78, 5) is 40.8. The third-order valence-corrected chi connectivity index (χ3v) is 18.7. The maximum Gasteiger partial charge on any atom is 2.00 e. The van der Waals surface area contributed by atoms with Crippen molar-refractivity contribution in [1.82, 2.24) is 9.97 Å². The van der Waals surface area contributed by atoms with Crippen LogP contribution >= 0.6 is 0 Å². The van der Waals surface area contributed by atoms with Gasteiger partial charge in [0, 0.05) is 0 Å². The maximum absolute atomic E-state index is 13.8. The van der Waals surface area contributed by atoms with Crippen LogP contribution in [0.3, 0.4) is 0 Å². The number of nitrogens with zero attached hydrogens (tertiary/aromatic N) is 6. The minimum absolute atomic E-state index is 0. The first-order valence-electron chi connectivity index (χ1n) is 33.8. The molecule has 8 aromatic carbocycles. The van der Waals surface area contributed by atoms with Crippen LogP contribution in [0.1, 0.15) is 230 Å². The van der Waals surface area contributed by atoms with Gasteiger partial charge in [0.2, 0.25) is 24.5 Å². The fourth-order valence-electron chi connectivity index (χ4n) is 13.6. The van der Waals surface area contributed by atoms with Crippen molar-refractivity contribution in [2.45, 2.75) is 186 Å². The van der Waals surface area contributed by atoms with E-state index in [1.165, 1.54) is 88.6 Å². The van der Waals surface area contributed by atoms with E-state index in [1.54, 1.807) is 0 Å². The van der Waals surface area contributed by atoms with E-state index in [0.717, 1.165) is 33.4 Å². The molecule has 10 aromatic rings. The smallest absolute Gasteiger partial charge is 0.657 e. The summed E-state index contributed by atoms with van der Waals surface area (Å²) in [5, 5.41) is 4.85. The van der Waals surface area contributed by atoms with E-state index in [2.05, 4.69) is 306 Å². The minimum atomic E-state index is -0.540. The van der Waals surface area contributed by atoms with Gasteiger partial charge in [0.15, 0.2) is 0 Å². The van der Waals surface area contributed by atoms with Gasteiger partial charge in [-0.15, -0.1) is 22.1 Å². The van der Waals surface area contributed by atoms with Gasteiger partial charge in [0.05, 0.1) is 46.7 Å². The number of carbonyl (C=O) groups is 2. The number of hydrogen-bond donors (Lipinski definition) is 0. The second kappa shape index (κ2) is 29.4. The Balaban J connectivity index is 0.000000180. The molecule has 2 radical (unpaired) electrons. The van der Waals surface area contributed by atoms with E-state index in [9.17, 15) is 9.59 Å². The van der Waals surface area contributed by atoms with E-state index in [0.29, 0.717) is 60.4 Å². The van der Waals surface area contributed by atoms with Gasteiger partial charge in [-0.2, -0.15) is 0 Å². The summed E-state index contributed by atoms with van der Waals surface area (Å²) in [5.74, 6) is 2.97. The predicted octanol–water partition coefficient (Wildman–Crippen LogP) is 21.5. The quantitative estimate of drug-likeness (QED) is 0.0655. The Bertz CT molecular complexity index is 4060. The molecule has 2 amide bonds. The number of amides is 2. The van der Waals surface area contributed by atoms with E-state index in [1.807, 2.05) is 21.9 Å². The molecule has 2 aromatic heterocycles. The molecule has 12 rings (SSSR count). The summed E-state index contributed by atoms with van der Waals surface area (Å²) in [6, 6.07) is 55.8. The molecule has 0 bridgehead atoms. The van der Waals surface area contributed by atoms with Crippen LogP contribution in [-0.2, 0) is 43.7 Å². The molecule has 0 unspecified atom stereocenters. The van der Waals surface area contributed by atoms with Crippen LogP contribution in [0.5, 0.6) is 0 Å². The standard InChI is InChI=1S/2C30H42N2O.C24H14N2.2Cu/c2*1-19(2)23-13-11-14-24(20(3)4)27(23)31-17-30(9,10)29(33)32(18-31)28-25(21(5)6)15-12-16-26(28)22(7)8;1-3-7-21-17(5-1)19-13-15(9-11-23(19)25-21)16-10-12-24-20(14-16)18-6-2-4-8-22(18)26-24;;/h2*11-16,19-22H,17H2,1-10H3;1-14H;;/q;;-2;2*+2. The molecule has 0 atom stereocenters. The summed E-state index contributed by atoms with van der Waals surface area (Å²) in [5.41, 5.74) is 20.0.